The second-order valence-corrected chi connectivity index (χ2v) is 8.72. The van der Waals surface area contributed by atoms with E-state index in [1.54, 1.807) is 11.8 Å². The van der Waals surface area contributed by atoms with Crippen molar-refractivity contribution in [2.75, 3.05) is 11.9 Å². The average Bonchev–Trinajstić information content (AvgIpc) is 2.73. The van der Waals surface area contributed by atoms with Crippen LogP contribution in [0.2, 0.25) is 5.02 Å². The Hall–Kier alpha value is -1.07. The highest BCUT2D eigenvalue weighted by molar-refractivity contribution is 8.01. The van der Waals surface area contributed by atoms with Crippen LogP contribution in [0.1, 0.15) is 34.6 Å². The van der Waals surface area contributed by atoms with Crippen molar-refractivity contribution in [1.29, 1.82) is 0 Å². The lowest BCUT2D eigenvalue weighted by Gasteiger charge is -2.34. The van der Waals surface area contributed by atoms with Crippen LogP contribution in [0, 0.1) is 5.92 Å². The Kier molecular flexibility index (Phi) is 5.74. The number of nitrogens with one attached hydrogen (secondary N) is 1. The van der Waals surface area contributed by atoms with Gasteiger partial charge in [-0.2, -0.15) is 0 Å². The molecule has 1 saturated heterocycles. The molecule has 1 aromatic carbocycles. The number of hydrogen-bond donors (Lipinski definition) is 1. The molecule has 2 rings (SSSR count). The van der Waals surface area contributed by atoms with Crippen LogP contribution in [-0.2, 0) is 4.74 Å². The number of amides is 1. The van der Waals surface area contributed by atoms with Gasteiger partial charge in [-0.3, -0.25) is 4.90 Å². The van der Waals surface area contributed by atoms with Gasteiger partial charge in [0.05, 0.1) is 16.7 Å². The van der Waals surface area contributed by atoms with Crippen molar-refractivity contribution >= 4 is 35.1 Å². The molecular formula is C17H25ClN2O2S. The van der Waals surface area contributed by atoms with E-state index < -0.39 is 0 Å². The topological polar surface area (TPSA) is 41.6 Å². The Morgan fingerprint density at radius 1 is 1.39 bits per heavy atom. The molecular weight excluding hydrogens is 332 g/mol. The van der Waals surface area contributed by atoms with Gasteiger partial charge in [0.25, 0.3) is 0 Å². The van der Waals surface area contributed by atoms with Gasteiger partial charge in [-0.25, -0.2) is 4.79 Å². The number of carbonyl (C=O) groups excluding carboxylic acids is 1. The molecule has 2 atom stereocenters. The molecule has 128 valence electrons. The molecule has 0 bridgehead atoms. The fourth-order valence-electron chi connectivity index (χ4n) is 2.73. The maximum absolute atomic E-state index is 12.5. The monoisotopic (exact) mass is 356 g/mol. The summed E-state index contributed by atoms with van der Waals surface area (Å²) in [6.07, 6.45) is -0.420. The van der Waals surface area contributed by atoms with Crippen molar-refractivity contribution in [3.8, 4) is 0 Å². The molecule has 0 spiro atoms. The van der Waals surface area contributed by atoms with Crippen LogP contribution in [-0.4, -0.2) is 33.9 Å². The second kappa shape index (κ2) is 7.22. The molecule has 23 heavy (non-hydrogen) atoms. The highest BCUT2D eigenvalue weighted by Gasteiger charge is 2.51. The molecule has 0 aromatic heterocycles. The summed E-state index contributed by atoms with van der Waals surface area (Å²) in [5.41, 5.74) is 0.937. The maximum atomic E-state index is 12.5. The second-order valence-electron chi connectivity index (χ2n) is 6.52. The van der Waals surface area contributed by atoms with Crippen molar-refractivity contribution in [2.24, 2.45) is 5.92 Å². The Morgan fingerprint density at radius 2 is 2.00 bits per heavy atom. The van der Waals surface area contributed by atoms with Crippen LogP contribution in [0.3, 0.4) is 0 Å². The molecule has 1 aromatic rings. The van der Waals surface area contributed by atoms with E-state index in [2.05, 4.69) is 33.0 Å². The molecule has 0 radical (unpaired) electrons. The van der Waals surface area contributed by atoms with Gasteiger partial charge in [-0.15, -0.1) is 11.8 Å². The van der Waals surface area contributed by atoms with Gasteiger partial charge in [-0.1, -0.05) is 25.4 Å². The fourth-order valence-corrected chi connectivity index (χ4v) is 4.37. The molecule has 6 heteroatoms. The number of anilines is 1. The Labute approximate surface area is 147 Å². The zero-order valence-corrected chi connectivity index (χ0v) is 15.9. The van der Waals surface area contributed by atoms with Gasteiger partial charge in [0, 0.05) is 10.7 Å². The standard InChI is InChI=1S/C17H25ClN2O2S/c1-6-22-16(21)20-14(11(2)3)23-17(4,5)15(20)19-13-9-7-12(18)8-10-13/h7-11,14-15,19H,6H2,1-5H3. The third kappa shape index (κ3) is 4.07. The van der Waals surface area contributed by atoms with Gasteiger partial charge in [0.15, 0.2) is 0 Å². The number of carbonyl (C=O) groups is 1. The summed E-state index contributed by atoms with van der Waals surface area (Å²) in [5, 5.41) is 4.25. The van der Waals surface area contributed by atoms with Crippen molar-refractivity contribution in [1.82, 2.24) is 4.90 Å². The molecule has 1 fully saturated rings. The summed E-state index contributed by atoms with van der Waals surface area (Å²) in [6.45, 7) is 10.8. The summed E-state index contributed by atoms with van der Waals surface area (Å²) in [7, 11) is 0. The normalized spacial score (nSPS) is 23.2. The predicted octanol–water partition coefficient (Wildman–Crippen LogP) is 5.04. The zero-order valence-electron chi connectivity index (χ0n) is 14.3. The van der Waals surface area contributed by atoms with Gasteiger partial charge in [-0.05, 0) is 51.0 Å². The summed E-state index contributed by atoms with van der Waals surface area (Å²) < 4.78 is 5.16. The summed E-state index contributed by atoms with van der Waals surface area (Å²) >= 11 is 7.76. The van der Waals surface area contributed by atoms with E-state index in [0.717, 1.165) is 5.69 Å². The molecule has 1 aliphatic heterocycles. The Morgan fingerprint density at radius 3 is 2.52 bits per heavy atom. The Bertz CT molecular complexity index is 548. The van der Waals surface area contributed by atoms with Crippen LogP contribution < -0.4 is 5.32 Å². The molecule has 0 saturated carbocycles. The van der Waals surface area contributed by atoms with Crippen molar-refractivity contribution < 1.29 is 9.53 Å². The predicted molar refractivity (Wildman–Crippen MR) is 98.0 cm³/mol. The third-order valence-corrected chi connectivity index (χ3v) is 5.93. The summed E-state index contributed by atoms with van der Waals surface area (Å²) in [4.78, 5) is 14.4. The molecule has 1 N–H and O–H groups in total. The molecule has 1 heterocycles. The highest BCUT2D eigenvalue weighted by Crippen LogP contribution is 2.47. The first-order valence-corrected chi connectivity index (χ1v) is 9.17. The van der Waals surface area contributed by atoms with E-state index in [0.29, 0.717) is 17.5 Å². The molecule has 2 unspecified atom stereocenters. The van der Waals surface area contributed by atoms with E-state index >= 15 is 0 Å². The van der Waals surface area contributed by atoms with Gasteiger partial charge in [0.2, 0.25) is 0 Å². The molecule has 0 aliphatic carbocycles. The van der Waals surface area contributed by atoms with Crippen LogP contribution >= 0.6 is 23.4 Å². The van der Waals surface area contributed by atoms with E-state index in [9.17, 15) is 4.79 Å². The maximum Gasteiger partial charge on any atom is 0.412 e. The number of halogens is 1. The largest absolute Gasteiger partial charge is 0.450 e. The first-order chi connectivity index (χ1) is 10.8. The lowest BCUT2D eigenvalue weighted by atomic mass is 10.1. The number of benzene rings is 1. The fraction of sp³-hybridized carbons (Fsp3) is 0.588. The first-order valence-electron chi connectivity index (χ1n) is 7.91. The molecule has 1 amide bonds. The lowest BCUT2D eigenvalue weighted by Crippen LogP contribution is -2.51. The SMILES string of the molecule is CCOC(=O)N1C(C(C)C)SC(C)(C)C1Nc1ccc(Cl)cc1. The first kappa shape index (κ1) is 18.3. The number of hydrogen-bond acceptors (Lipinski definition) is 4. The van der Waals surface area contributed by atoms with Crippen LogP contribution in [0.15, 0.2) is 24.3 Å². The number of nitrogens with zero attached hydrogens (tertiary/aromatic N) is 1. The number of thioether (sulfide) groups is 1. The Balaban J connectivity index is 2.30. The van der Waals surface area contributed by atoms with Crippen LogP contribution in [0.25, 0.3) is 0 Å². The summed E-state index contributed by atoms with van der Waals surface area (Å²) in [6, 6.07) is 7.53. The summed E-state index contributed by atoms with van der Waals surface area (Å²) in [5.74, 6) is 0.334. The van der Waals surface area contributed by atoms with Gasteiger partial charge in [0.1, 0.15) is 6.17 Å². The van der Waals surface area contributed by atoms with Crippen molar-refractivity contribution in [2.45, 2.75) is 50.9 Å². The smallest absolute Gasteiger partial charge is 0.412 e. The van der Waals surface area contributed by atoms with Crippen LogP contribution in [0.5, 0.6) is 0 Å². The quantitative estimate of drug-likeness (QED) is 0.820. The minimum absolute atomic E-state index is 0.0776. The third-order valence-electron chi connectivity index (χ3n) is 3.83. The van der Waals surface area contributed by atoms with Gasteiger partial charge < -0.3 is 10.1 Å². The minimum Gasteiger partial charge on any atom is -0.450 e. The van der Waals surface area contributed by atoms with E-state index in [-0.39, 0.29) is 22.4 Å². The van der Waals surface area contributed by atoms with Crippen molar-refractivity contribution in [3.05, 3.63) is 29.3 Å². The molecule has 4 nitrogen and oxygen atoms in total. The lowest BCUT2D eigenvalue weighted by molar-refractivity contribution is 0.0842. The van der Waals surface area contributed by atoms with Gasteiger partial charge >= 0.3 is 6.09 Å². The average molecular weight is 357 g/mol. The molecule has 1 aliphatic rings. The van der Waals surface area contributed by atoms with E-state index in [1.807, 2.05) is 36.1 Å². The van der Waals surface area contributed by atoms with Crippen molar-refractivity contribution in [3.63, 3.8) is 0 Å². The number of rotatable bonds is 4. The number of ether oxygens (including phenoxy) is 1. The van der Waals surface area contributed by atoms with E-state index in [1.165, 1.54) is 0 Å². The minimum atomic E-state index is -0.268. The van der Waals surface area contributed by atoms with Crippen LogP contribution in [0.4, 0.5) is 10.5 Å². The zero-order chi connectivity index (χ0) is 17.2. The van der Waals surface area contributed by atoms with E-state index in [4.69, 9.17) is 16.3 Å². The highest BCUT2D eigenvalue weighted by atomic mass is 35.5.